The van der Waals surface area contributed by atoms with Gasteiger partial charge < -0.3 is 15.4 Å². The minimum Gasteiger partial charge on any atom is -0.383 e. The third-order valence-corrected chi connectivity index (χ3v) is 7.66. The van der Waals surface area contributed by atoms with Gasteiger partial charge in [-0.1, -0.05) is 23.7 Å². The molecule has 3 atom stereocenters. The van der Waals surface area contributed by atoms with Gasteiger partial charge in [0.05, 0.1) is 18.2 Å². The maximum atomic E-state index is 13.7. The fraction of sp³-hybridized carbons (Fsp3) is 0.385. The lowest BCUT2D eigenvalue weighted by molar-refractivity contribution is 0.0719. The number of hydrogen-bond acceptors (Lipinski definition) is 4. The van der Waals surface area contributed by atoms with Crippen LogP contribution in [0.25, 0.3) is 10.9 Å². The van der Waals surface area contributed by atoms with Crippen LogP contribution in [0, 0.1) is 5.92 Å². The van der Waals surface area contributed by atoms with Crippen LogP contribution in [0.3, 0.4) is 0 Å². The molecule has 0 radical (unpaired) electrons. The van der Waals surface area contributed by atoms with E-state index in [0.717, 1.165) is 40.0 Å². The molecule has 0 spiro atoms. The second kappa shape index (κ2) is 7.46. The fourth-order valence-corrected chi connectivity index (χ4v) is 5.69. The van der Waals surface area contributed by atoms with Crippen molar-refractivity contribution in [2.75, 3.05) is 12.3 Å². The van der Waals surface area contributed by atoms with Crippen molar-refractivity contribution < 1.29 is 9.53 Å². The first-order valence-corrected chi connectivity index (χ1v) is 11.8. The number of hydrogen-bond donors (Lipinski definition) is 1. The molecule has 2 aromatic carbocycles. The Balaban J connectivity index is 1.34. The number of halogens is 1. The van der Waals surface area contributed by atoms with E-state index >= 15 is 0 Å². The first kappa shape index (κ1) is 20.0. The highest BCUT2D eigenvalue weighted by Crippen LogP contribution is 2.45. The summed E-state index contributed by atoms with van der Waals surface area (Å²) in [4.78, 5) is 20.4. The van der Waals surface area contributed by atoms with E-state index < -0.39 is 0 Å². The highest BCUT2D eigenvalue weighted by atomic mass is 35.5. The van der Waals surface area contributed by atoms with Crippen molar-refractivity contribution >= 4 is 34.2 Å². The Morgan fingerprint density at radius 3 is 2.72 bits per heavy atom. The van der Waals surface area contributed by atoms with Crippen molar-refractivity contribution in [3.63, 3.8) is 0 Å². The normalized spacial score (nSPS) is 24.8. The molecule has 1 amide bonds. The number of likely N-dealkylation sites (tertiary alicyclic amines) is 1. The number of aromatic nitrogens is 1. The topological polar surface area (TPSA) is 68.5 Å². The molecule has 0 unspecified atom stereocenters. The van der Waals surface area contributed by atoms with Crippen LogP contribution in [-0.4, -0.2) is 28.4 Å². The minimum atomic E-state index is -0.0702. The number of amides is 1. The average Bonchev–Trinajstić information content (AvgIpc) is 3.42. The Labute approximate surface area is 192 Å². The largest absolute Gasteiger partial charge is 0.383 e. The smallest absolute Gasteiger partial charge is 0.254 e. The maximum absolute atomic E-state index is 13.7. The van der Waals surface area contributed by atoms with Gasteiger partial charge >= 0.3 is 0 Å². The number of ether oxygens (including phenoxy) is 1. The summed E-state index contributed by atoms with van der Waals surface area (Å²) in [7, 11) is 0. The molecular weight excluding hydrogens is 422 g/mol. The van der Waals surface area contributed by atoms with Gasteiger partial charge in [0, 0.05) is 40.0 Å². The second-order valence-corrected chi connectivity index (χ2v) is 9.86. The molecule has 3 heterocycles. The molecule has 164 valence electrons. The van der Waals surface area contributed by atoms with E-state index in [1.807, 2.05) is 37.3 Å². The number of nitrogens with zero attached hydrogens (tertiary/aromatic N) is 2. The van der Waals surface area contributed by atoms with Gasteiger partial charge in [0.25, 0.3) is 5.91 Å². The van der Waals surface area contributed by atoms with Crippen molar-refractivity contribution in [2.45, 2.75) is 50.9 Å². The number of benzene rings is 2. The summed E-state index contributed by atoms with van der Waals surface area (Å²) < 4.78 is 5.82. The standard InChI is InChI=1S/C26H26ClN3O2/c1-14-24-21(13-32-14)20-10-17(6-9-22(20)29-25(24)28)26(31)30-12-18(11-23(30)16-2-3-16)15-4-7-19(27)8-5-15/h4-10,14,16,18,23H,2-3,11-13H2,1H3,(H2,28,29)/t14-,18+,23-/m1/s1. The Kier molecular flexibility index (Phi) is 4.67. The van der Waals surface area contributed by atoms with Crippen LogP contribution in [0.15, 0.2) is 42.5 Å². The Morgan fingerprint density at radius 1 is 1.19 bits per heavy atom. The van der Waals surface area contributed by atoms with Crippen molar-refractivity contribution in [3.05, 3.63) is 69.7 Å². The predicted octanol–water partition coefficient (Wildman–Crippen LogP) is 5.47. The number of nitrogens with two attached hydrogens (primary N) is 1. The molecular formula is C26H26ClN3O2. The second-order valence-electron chi connectivity index (χ2n) is 9.42. The van der Waals surface area contributed by atoms with Gasteiger partial charge in [-0.15, -0.1) is 0 Å². The lowest BCUT2D eigenvalue weighted by Gasteiger charge is -2.25. The van der Waals surface area contributed by atoms with Crippen molar-refractivity contribution in [3.8, 4) is 0 Å². The van der Waals surface area contributed by atoms with E-state index in [9.17, 15) is 4.79 Å². The van der Waals surface area contributed by atoms with Crippen LogP contribution in [0.5, 0.6) is 0 Å². The molecule has 0 bridgehead atoms. The zero-order chi connectivity index (χ0) is 22.0. The van der Waals surface area contributed by atoms with Crippen LogP contribution in [0.4, 0.5) is 5.82 Å². The molecule has 3 aliphatic rings. The van der Waals surface area contributed by atoms with Gasteiger partial charge in [-0.25, -0.2) is 4.98 Å². The van der Waals surface area contributed by atoms with Crippen LogP contribution in [0.2, 0.25) is 5.02 Å². The zero-order valence-corrected chi connectivity index (χ0v) is 18.8. The molecule has 2 aliphatic heterocycles. The number of anilines is 1. The van der Waals surface area contributed by atoms with Gasteiger partial charge in [0.1, 0.15) is 5.82 Å². The molecule has 1 saturated heterocycles. The SMILES string of the molecule is C[C@H]1OCc2c1c(N)nc1ccc(C(=O)N3C[C@@H](c4ccc(Cl)cc4)C[C@@H]3C3CC3)cc21. The first-order chi connectivity index (χ1) is 15.5. The van der Waals surface area contributed by atoms with E-state index in [0.29, 0.717) is 35.9 Å². The fourth-order valence-electron chi connectivity index (χ4n) is 5.57. The Bertz CT molecular complexity index is 1220. The number of nitrogen functional groups attached to an aromatic ring is 1. The van der Waals surface area contributed by atoms with E-state index in [1.165, 1.54) is 18.4 Å². The lowest BCUT2D eigenvalue weighted by Crippen LogP contribution is -2.37. The molecule has 6 rings (SSSR count). The summed E-state index contributed by atoms with van der Waals surface area (Å²) in [5.41, 5.74) is 11.0. The zero-order valence-electron chi connectivity index (χ0n) is 18.1. The molecule has 32 heavy (non-hydrogen) atoms. The van der Waals surface area contributed by atoms with Crippen molar-refractivity contribution in [1.82, 2.24) is 9.88 Å². The summed E-state index contributed by atoms with van der Waals surface area (Å²) in [6.07, 6.45) is 3.38. The maximum Gasteiger partial charge on any atom is 0.254 e. The summed E-state index contributed by atoms with van der Waals surface area (Å²) in [6.45, 7) is 3.24. The lowest BCUT2D eigenvalue weighted by atomic mass is 9.95. The number of carbonyl (C=O) groups excluding carboxylic acids is 1. The molecule has 2 N–H and O–H groups in total. The van der Waals surface area contributed by atoms with Crippen LogP contribution < -0.4 is 5.73 Å². The molecule has 6 heteroatoms. The molecule has 5 nitrogen and oxygen atoms in total. The average molecular weight is 448 g/mol. The van der Waals surface area contributed by atoms with E-state index in [2.05, 4.69) is 22.0 Å². The highest BCUT2D eigenvalue weighted by Gasteiger charge is 2.44. The van der Waals surface area contributed by atoms with Gasteiger partial charge in [-0.2, -0.15) is 0 Å². The Hall–Kier alpha value is -2.63. The quantitative estimate of drug-likeness (QED) is 0.578. The molecule has 1 aromatic heterocycles. The van der Waals surface area contributed by atoms with Crippen LogP contribution in [-0.2, 0) is 11.3 Å². The number of pyridine rings is 1. The molecule has 1 aliphatic carbocycles. The first-order valence-electron chi connectivity index (χ1n) is 11.4. The Morgan fingerprint density at radius 2 is 1.97 bits per heavy atom. The predicted molar refractivity (Wildman–Crippen MR) is 126 cm³/mol. The summed E-state index contributed by atoms with van der Waals surface area (Å²) in [5.74, 6) is 1.60. The van der Waals surface area contributed by atoms with E-state index in [-0.39, 0.29) is 12.0 Å². The number of carbonyl (C=O) groups is 1. The summed E-state index contributed by atoms with van der Waals surface area (Å²) in [6, 6.07) is 14.2. The third-order valence-electron chi connectivity index (χ3n) is 7.41. The highest BCUT2D eigenvalue weighted by molar-refractivity contribution is 6.30. The minimum absolute atomic E-state index is 0.0702. The van der Waals surface area contributed by atoms with Gasteiger partial charge in [0.15, 0.2) is 0 Å². The van der Waals surface area contributed by atoms with Crippen LogP contribution >= 0.6 is 11.6 Å². The van der Waals surface area contributed by atoms with Gasteiger partial charge in [-0.05, 0) is 73.6 Å². The molecule has 1 saturated carbocycles. The molecule has 2 fully saturated rings. The van der Waals surface area contributed by atoms with Crippen molar-refractivity contribution in [1.29, 1.82) is 0 Å². The summed E-state index contributed by atoms with van der Waals surface area (Å²) >= 11 is 6.09. The van der Waals surface area contributed by atoms with Gasteiger partial charge in [0.2, 0.25) is 0 Å². The van der Waals surface area contributed by atoms with Gasteiger partial charge in [-0.3, -0.25) is 4.79 Å². The third kappa shape index (κ3) is 3.26. The number of rotatable bonds is 3. The van der Waals surface area contributed by atoms with E-state index in [4.69, 9.17) is 22.1 Å². The monoisotopic (exact) mass is 447 g/mol. The summed E-state index contributed by atoms with van der Waals surface area (Å²) in [5, 5.41) is 1.72. The van der Waals surface area contributed by atoms with Crippen molar-refractivity contribution in [2.24, 2.45) is 5.92 Å². The molecule has 3 aromatic rings. The van der Waals surface area contributed by atoms with E-state index in [1.54, 1.807) is 0 Å². The van der Waals surface area contributed by atoms with Crippen LogP contribution in [0.1, 0.15) is 65.3 Å². The number of fused-ring (bicyclic) bond motifs is 3.